The van der Waals surface area contributed by atoms with E-state index in [2.05, 4.69) is 29.2 Å². The van der Waals surface area contributed by atoms with Crippen LogP contribution in [0.1, 0.15) is 24.8 Å². The SMILES string of the molecule is CN1CCC(N(C)CCC(=O)NCc2ccc(F)cc2)CC1. The lowest BCUT2D eigenvalue weighted by molar-refractivity contribution is -0.121. The predicted octanol–water partition coefficient (Wildman–Crippen LogP) is 1.86. The molecule has 1 heterocycles. The van der Waals surface area contributed by atoms with Crippen LogP contribution in [0.15, 0.2) is 24.3 Å². The average Bonchev–Trinajstić information content (AvgIpc) is 2.52. The number of carbonyl (C=O) groups is 1. The standard InChI is InChI=1S/C17H26FN3O/c1-20-10-7-16(8-11-20)21(2)12-9-17(22)19-13-14-3-5-15(18)6-4-14/h3-6,16H,7-13H2,1-2H3,(H,19,22). The van der Waals surface area contributed by atoms with Gasteiger partial charge in [0.1, 0.15) is 5.82 Å². The Kier molecular flexibility index (Phi) is 6.34. The van der Waals surface area contributed by atoms with E-state index in [0.29, 0.717) is 19.0 Å². The van der Waals surface area contributed by atoms with Crippen LogP contribution in [-0.2, 0) is 11.3 Å². The molecule has 1 aliphatic rings. The third-order valence-electron chi connectivity index (χ3n) is 4.41. The van der Waals surface area contributed by atoms with E-state index in [1.807, 2.05) is 0 Å². The van der Waals surface area contributed by atoms with Crippen molar-refractivity contribution in [3.63, 3.8) is 0 Å². The highest BCUT2D eigenvalue weighted by molar-refractivity contribution is 5.76. The zero-order valence-corrected chi connectivity index (χ0v) is 13.5. The summed E-state index contributed by atoms with van der Waals surface area (Å²) >= 11 is 0. The summed E-state index contributed by atoms with van der Waals surface area (Å²) in [4.78, 5) is 16.5. The van der Waals surface area contributed by atoms with Crippen LogP contribution in [0.2, 0.25) is 0 Å². The van der Waals surface area contributed by atoms with Gasteiger partial charge < -0.3 is 15.1 Å². The molecule has 2 rings (SSSR count). The largest absolute Gasteiger partial charge is 0.352 e. The van der Waals surface area contributed by atoms with Crippen molar-refractivity contribution in [2.75, 3.05) is 33.7 Å². The van der Waals surface area contributed by atoms with Gasteiger partial charge in [-0.05, 0) is 57.7 Å². The first-order valence-electron chi connectivity index (χ1n) is 7.94. The number of benzene rings is 1. The Bertz CT molecular complexity index is 469. The van der Waals surface area contributed by atoms with Crippen LogP contribution in [0.4, 0.5) is 4.39 Å². The number of piperidine rings is 1. The minimum Gasteiger partial charge on any atom is -0.352 e. The molecule has 122 valence electrons. The Balaban J connectivity index is 1.65. The first kappa shape index (κ1) is 16.9. The smallest absolute Gasteiger partial charge is 0.221 e. The molecular formula is C17H26FN3O. The lowest BCUT2D eigenvalue weighted by Crippen LogP contribution is -2.43. The number of likely N-dealkylation sites (tertiary alicyclic amines) is 1. The van der Waals surface area contributed by atoms with E-state index in [4.69, 9.17) is 0 Å². The Morgan fingerprint density at radius 1 is 1.32 bits per heavy atom. The Labute approximate surface area is 132 Å². The molecule has 0 bridgehead atoms. The molecule has 1 amide bonds. The molecule has 0 spiro atoms. The van der Waals surface area contributed by atoms with Gasteiger partial charge in [0.2, 0.25) is 5.91 Å². The summed E-state index contributed by atoms with van der Waals surface area (Å²) in [6.45, 7) is 3.50. The first-order valence-corrected chi connectivity index (χ1v) is 7.94. The molecule has 1 saturated heterocycles. The summed E-state index contributed by atoms with van der Waals surface area (Å²) in [6.07, 6.45) is 2.85. The summed E-state index contributed by atoms with van der Waals surface area (Å²) in [6, 6.07) is 6.80. The summed E-state index contributed by atoms with van der Waals surface area (Å²) in [5.41, 5.74) is 0.915. The molecule has 22 heavy (non-hydrogen) atoms. The number of amides is 1. The van der Waals surface area contributed by atoms with E-state index in [0.717, 1.165) is 25.2 Å². The van der Waals surface area contributed by atoms with Gasteiger partial charge in [-0.2, -0.15) is 0 Å². The zero-order chi connectivity index (χ0) is 15.9. The molecule has 0 atom stereocenters. The molecular weight excluding hydrogens is 281 g/mol. The van der Waals surface area contributed by atoms with E-state index in [9.17, 15) is 9.18 Å². The van der Waals surface area contributed by atoms with E-state index in [-0.39, 0.29) is 11.7 Å². The summed E-state index contributed by atoms with van der Waals surface area (Å²) in [5.74, 6) is -0.209. The van der Waals surface area contributed by atoms with E-state index < -0.39 is 0 Å². The number of halogens is 1. The van der Waals surface area contributed by atoms with Crippen molar-refractivity contribution in [1.29, 1.82) is 0 Å². The molecule has 0 aliphatic carbocycles. The fraction of sp³-hybridized carbons (Fsp3) is 0.588. The molecule has 1 aromatic rings. The second-order valence-corrected chi connectivity index (χ2v) is 6.17. The number of carbonyl (C=O) groups excluding carboxylic acids is 1. The van der Waals surface area contributed by atoms with Gasteiger partial charge in [0.05, 0.1) is 0 Å². The van der Waals surface area contributed by atoms with E-state index in [1.54, 1.807) is 12.1 Å². The van der Waals surface area contributed by atoms with Gasteiger partial charge in [0.25, 0.3) is 0 Å². The maximum absolute atomic E-state index is 12.8. The fourth-order valence-corrected chi connectivity index (χ4v) is 2.79. The van der Waals surface area contributed by atoms with Crippen molar-refractivity contribution in [2.45, 2.75) is 31.8 Å². The predicted molar refractivity (Wildman–Crippen MR) is 86.0 cm³/mol. The van der Waals surface area contributed by atoms with Crippen LogP contribution in [0.5, 0.6) is 0 Å². The van der Waals surface area contributed by atoms with Crippen molar-refractivity contribution in [3.05, 3.63) is 35.6 Å². The average molecular weight is 307 g/mol. The van der Waals surface area contributed by atoms with Crippen LogP contribution in [-0.4, -0.2) is 55.5 Å². The summed E-state index contributed by atoms with van der Waals surface area (Å²) < 4.78 is 12.8. The third kappa shape index (κ3) is 5.39. The maximum atomic E-state index is 12.8. The van der Waals surface area contributed by atoms with Gasteiger partial charge in [-0.3, -0.25) is 4.79 Å². The molecule has 0 aromatic heterocycles. The van der Waals surface area contributed by atoms with Gasteiger partial charge in [-0.25, -0.2) is 4.39 Å². The van der Waals surface area contributed by atoms with Crippen molar-refractivity contribution >= 4 is 5.91 Å². The Morgan fingerprint density at radius 2 is 1.95 bits per heavy atom. The second kappa shape index (κ2) is 8.25. The van der Waals surface area contributed by atoms with Crippen molar-refractivity contribution in [1.82, 2.24) is 15.1 Å². The van der Waals surface area contributed by atoms with Gasteiger partial charge >= 0.3 is 0 Å². The van der Waals surface area contributed by atoms with Gasteiger partial charge in [0.15, 0.2) is 0 Å². The van der Waals surface area contributed by atoms with Gasteiger partial charge in [-0.15, -0.1) is 0 Å². The van der Waals surface area contributed by atoms with Crippen LogP contribution >= 0.6 is 0 Å². The number of nitrogens with zero attached hydrogens (tertiary/aromatic N) is 2. The molecule has 1 aromatic carbocycles. The normalized spacial score (nSPS) is 16.9. The highest BCUT2D eigenvalue weighted by Gasteiger charge is 2.20. The fourth-order valence-electron chi connectivity index (χ4n) is 2.79. The molecule has 0 saturated carbocycles. The zero-order valence-electron chi connectivity index (χ0n) is 13.5. The number of hydrogen-bond acceptors (Lipinski definition) is 3. The number of hydrogen-bond donors (Lipinski definition) is 1. The third-order valence-corrected chi connectivity index (χ3v) is 4.41. The Morgan fingerprint density at radius 3 is 2.59 bits per heavy atom. The molecule has 1 fully saturated rings. The lowest BCUT2D eigenvalue weighted by Gasteiger charge is -2.35. The molecule has 4 nitrogen and oxygen atoms in total. The van der Waals surface area contributed by atoms with Crippen molar-refractivity contribution in [3.8, 4) is 0 Å². The second-order valence-electron chi connectivity index (χ2n) is 6.17. The topological polar surface area (TPSA) is 35.6 Å². The molecule has 5 heteroatoms. The highest BCUT2D eigenvalue weighted by atomic mass is 19.1. The summed E-state index contributed by atoms with van der Waals surface area (Å²) in [7, 11) is 4.25. The van der Waals surface area contributed by atoms with Crippen LogP contribution < -0.4 is 5.32 Å². The van der Waals surface area contributed by atoms with Crippen LogP contribution in [0, 0.1) is 5.82 Å². The van der Waals surface area contributed by atoms with E-state index in [1.165, 1.54) is 25.0 Å². The minimum atomic E-state index is -0.255. The number of rotatable bonds is 6. The number of nitrogens with one attached hydrogen (secondary N) is 1. The Hall–Kier alpha value is -1.46. The summed E-state index contributed by atoms with van der Waals surface area (Å²) in [5, 5.41) is 2.89. The van der Waals surface area contributed by atoms with Gasteiger partial charge in [-0.1, -0.05) is 12.1 Å². The molecule has 0 radical (unpaired) electrons. The molecule has 1 aliphatic heterocycles. The van der Waals surface area contributed by atoms with Crippen LogP contribution in [0.3, 0.4) is 0 Å². The first-order chi connectivity index (χ1) is 10.5. The maximum Gasteiger partial charge on any atom is 0.221 e. The highest BCUT2D eigenvalue weighted by Crippen LogP contribution is 2.14. The van der Waals surface area contributed by atoms with Crippen LogP contribution in [0.25, 0.3) is 0 Å². The van der Waals surface area contributed by atoms with Crippen molar-refractivity contribution < 1.29 is 9.18 Å². The van der Waals surface area contributed by atoms with Crippen molar-refractivity contribution in [2.24, 2.45) is 0 Å². The lowest BCUT2D eigenvalue weighted by atomic mass is 10.0. The van der Waals surface area contributed by atoms with E-state index >= 15 is 0 Å². The van der Waals surface area contributed by atoms with Gasteiger partial charge in [0, 0.05) is 25.6 Å². The minimum absolute atomic E-state index is 0.0455. The quantitative estimate of drug-likeness (QED) is 0.871. The molecule has 1 N–H and O–H groups in total. The molecule has 0 unspecified atom stereocenters. The monoisotopic (exact) mass is 307 g/mol.